The molecule has 1 aliphatic heterocycles. The molecule has 5 rings (SSSR count). The summed E-state index contributed by atoms with van der Waals surface area (Å²) in [5, 5.41) is 11.7. The van der Waals surface area contributed by atoms with Crippen molar-refractivity contribution in [3.63, 3.8) is 0 Å². The van der Waals surface area contributed by atoms with Crippen molar-refractivity contribution in [3.8, 4) is 17.2 Å². The number of hydrogen-bond donors (Lipinski definition) is 1. The van der Waals surface area contributed by atoms with E-state index >= 15 is 0 Å². The lowest BCUT2D eigenvalue weighted by Gasteiger charge is -2.37. The van der Waals surface area contributed by atoms with Crippen LogP contribution in [-0.2, 0) is 6.54 Å². The molecule has 0 saturated carbocycles. The Balaban J connectivity index is 1.28. The van der Waals surface area contributed by atoms with Gasteiger partial charge >= 0.3 is 0 Å². The van der Waals surface area contributed by atoms with Gasteiger partial charge in [0.2, 0.25) is 0 Å². The van der Waals surface area contributed by atoms with Crippen LogP contribution in [0.1, 0.15) is 29.9 Å². The minimum Gasteiger partial charge on any atom is -0.309 e. The molecule has 3 heterocycles. The van der Waals surface area contributed by atoms with E-state index < -0.39 is 0 Å². The Morgan fingerprint density at radius 2 is 1.82 bits per heavy atom. The fourth-order valence-electron chi connectivity index (χ4n) is 4.42. The number of aromatic amines is 1. The van der Waals surface area contributed by atoms with E-state index in [0.717, 1.165) is 54.5 Å². The number of thiophene rings is 1. The molecule has 0 bridgehead atoms. The van der Waals surface area contributed by atoms with Crippen LogP contribution in [-0.4, -0.2) is 45.9 Å². The maximum Gasteiger partial charge on any atom is 0.260 e. The Morgan fingerprint density at radius 1 is 1.09 bits per heavy atom. The third-order valence-corrected chi connectivity index (χ3v) is 7.26. The summed E-state index contributed by atoms with van der Waals surface area (Å²) in [6.07, 6.45) is 0. The zero-order valence-electron chi connectivity index (χ0n) is 18.5. The molecule has 0 aliphatic carbocycles. The Kier molecular flexibility index (Phi) is 6.05. The SMILES string of the molecule is C[C@H](c1nc2scc(-c3ccccc3)c2c(=O)[nH]1)N1CCN(Cc2ccc(C#N)cc2)CC1. The number of benzene rings is 2. The molecule has 0 amide bonds. The highest BCUT2D eigenvalue weighted by Crippen LogP contribution is 2.31. The van der Waals surface area contributed by atoms with Gasteiger partial charge in [-0.05, 0) is 30.2 Å². The van der Waals surface area contributed by atoms with Crippen LogP contribution in [0, 0.1) is 11.3 Å². The first kappa shape index (κ1) is 21.5. The van der Waals surface area contributed by atoms with E-state index in [0.29, 0.717) is 10.9 Å². The zero-order chi connectivity index (χ0) is 22.8. The average Bonchev–Trinajstić information content (AvgIpc) is 3.30. The van der Waals surface area contributed by atoms with Gasteiger partial charge in [0.25, 0.3) is 5.56 Å². The first-order valence-electron chi connectivity index (χ1n) is 11.1. The van der Waals surface area contributed by atoms with Crippen molar-refractivity contribution >= 4 is 21.6 Å². The molecule has 33 heavy (non-hydrogen) atoms. The van der Waals surface area contributed by atoms with Crippen LogP contribution in [0.15, 0.2) is 64.8 Å². The minimum absolute atomic E-state index is 0.0430. The lowest BCUT2D eigenvalue weighted by Crippen LogP contribution is -2.47. The fraction of sp³-hybridized carbons (Fsp3) is 0.269. The molecule has 1 atom stereocenters. The van der Waals surface area contributed by atoms with Gasteiger partial charge in [-0.1, -0.05) is 42.5 Å². The van der Waals surface area contributed by atoms with Gasteiger partial charge in [0.1, 0.15) is 10.7 Å². The molecule has 7 heteroatoms. The molecule has 2 aromatic heterocycles. The molecule has 1 fully saturated rings. The zero-order valence-corrected chi connectivity index (χ0v) is 19.3. The maximum atomic E-state index is 13.0. The molecule has 2 aromatic carbocycles. The smallest absolute Gasteiger partial charge is 0.260 e. The standard InChI is InChI=1S/C26H25N5OS/c1-18(31-13-11-30(12-14-31)16-20-9-7-19(15-27)8-10-20)24-28-25(32)23-22(17-33-26(23)29-24)21-5-3-2-4-6-21/h2-10,17-18H,11-14,16H2,1H3,(H,28,29,32)/t18-/m1/s1. The van der Waals surface area contributed by atoms with Gasteiger partial charge in [0, 0.05) is 43.7 Å². The lowest BCUT2D eigenvalue weighted by atomic mass is 10.1. The van der Waals surface area contributed by atoms with Crippen LogP contribution in [0.4, 0.5) is 0 Å². The first-order valence-corrected chi connectivity index (χ1v) is 12.0. The molecule has 6 nitrogen and oxygen atoms in total. The summed E-state index contributed by atoms with van der Waals surface area (Å²) in [5.74, 6) is 0.731. The molecule has 0 unspecified atom stereocenters. The molecule has 1 N–H and O–H groups in total. The van der Waals surface area contributed by atoms with Gasteiger partial charge in [-0.25, -0.2) is 4.98 Å². The van der Waals surface area contributed by atoms with Gasteiger partial charge in [-0.2, -0.15) is 5.26 Å². The van der Waals surface area contributed by atoms with E-state index in [4.69, 9.17) is 10.2 Å². The van der Waals surface area contributed by atoms with Gasteiger partial charge in [0.05, 0.1) is 23.1 Å². The van der Waals surface area contributed by atoms with E-state index in [9.17, 15) is 4.79 Å². The second-order valence-electron chi connectivity index (χ2n) is 8.44. The highest BCUT2D eigenvalue weighted by molar-refractivity contribution is 7.17. The summed E-state index contributed by atoms with van der Waals surface area (Å²) >= 11 is 1.53. The van der Waals surface area contributed by atoms with E-state index in [-0.39, 0.29) is 11.6 Å². The summed E-state index contributed by atoms with van der Waals surface area (Å²) in [6, 6.07) is 20.0. The predicted octanol–water partition coefficient (Wildman–Crippen LogP) is 4.40. The molecule has 0 radical (unpaired) electrons. The quantitative estimate of drug-likeness (QED) is 0.483. The Bertz CT molecular complexity index is 1350. The number of fused-ring (bicyclic) bond motifs is 1. The number of nitrogens with one attached hydrogen (secondary N) is 1. The monoisotopic (exact) mass is 455 g/mol. The van der Waals surface area contributed by atoms with Crippen LogP contribution in [0.25, 0.3) is 21.3 Å². The van der Waals surface area contributed by atoms with Crippen molar-refractivity contribution < 1.29 is 0 Å². The highest BCUT2D eigenvalue weighted by atomic mass is 32.1. The van der Waals surface area contributed by atoms with Crippen LogP contribution < -0.4 is 5.56 Å². The molecule has 166 valence electrons. The molecule has 0 spiro atoms. The molecule has 1 aliphatic rings. The van der Waals surface area contributed by atoms with Crippen molar-refractivity contribution in [1.29, 1.82) is 5.26 Å². The number of piperazine rings is 1. The fourth-order valence-corrected chi connectivity index (χ4v) is 5.37. The van der Waals surface area contributed by atoms with Gasteiger partial charge in [-0.3, -0.25) is 14.6 Å². The molecule has 4 aromatic rings. The van der Waals surface area contributed by atoms with Crippen molar-refractivity contribution in [2.75, 3.05) is 26.2 Å². The number of rotatable bonds is 5. The van der Waals surface area contributed by atoms with Gasteiger partial charge in [0.15, 0.2) is 0 Å². The number of nitriles is 1. The summed E-state index contributed by atoms with van der Waals surface area (Å²) in [6.45, 7) is 6.73. The first-order chi connectivity index (χ1) is 16.1. The third-order valence-electron chi connectivity index (χ3n) is 6.39. The second kappa shape index (κ2) is 9.28. The van der Waals surface area contributed by atoms with E-state index in [1.54, 1.807) is 0 Å². The van der Waals surface area contributed by atoms with Crippen molar-refractivity contribution in [2.24, 2.45) is 0 Å². The molecule has 1 saturated heterocycles. The summed E-state index contributed by atoms with van der Waals surface area (Å²) in [5.41, 5.74) is 3.83. The minimum atomic E-state index is -0.0681. The number of aromatic nitrogens is 2. The van der Waals surface area contributed by atoms with E-state index in [1.807, 2.05) is 60.0 Å². The van der Waals surface area contributed by atoms with Gasteiger partial charge in [-0.15, -0.1) is 11.3 Å². The summed E-state index contributed by atoms with van der Waals surface area (Å²) in [7, 11) is 0. The number of nitrogens with zero attached hydrogens (tertiary/aromatic N) is 4. The lowest BCUT2D eigenvalue weighted by molar-refractivity contribution is 0.0948. The van der Waals surface area contributed by atoms with E-state index in [1.165, 1.54) is 16.9 Å². The number of hydrogen-bond acceptors (Lipinski definition) is 6. The number of H-pyrrole nitrogens is 1. The highest BCUT2D eigenvalue weighted by Gasteiger charge is 2.24. The maximum absolute atomic E-state index is 13.0. The molecular weight excluding hydrogens is 430 g/mol. The Morgan fingerprint density at radius 3 is 2.52 bits per heavy atom. The predicted molar refractivity (Wildman–Crippen MR) is 132 cm³/mol. The largest absolute Gasteiger partial charge is 0.309 e. The van der Waals surface area contributed by atoms with Crippen LogP contribution in [0.5, 0.6) is 0 Å². The van der Waals surface area contributed by atoms with E-state index in [2.05, 4.69) is 27.8 Å². The Labute approximate surface area is 196 Å². The Hall–Kier alpha value is -3.31. The van der Waals surface area contributed by atoms with Crippen molar-refractivity contribution in [3.05, 3.63) is 87.3 Å². The van der Waals surface area contributed by atoms with Crippen molar-refractivity contribution in [2.45, 2.75) is 19.5 Å². The van der Waals surface area contributed by atoms with Crippen LogP contribution in [0.3, 0.4) is 0 Å². The normalized spacial score (nSPS) is 16.0. The summed E-state index contributed by atoms with van der Waals surface area (Å²) < 4.78 is 0. The topological polar surface area (TPSA) is 76.0 Å². The van der Waals surface area contributed by atoms with Gasteiger partial charge < -0.3 is 4.98 Å². The van der Waals surface area contributed by atoms with Crippen LogP contribution in [0.2, 0.25) is 0 Å². The second-order valence-corrected chi connectivity index (χ2v) is 9.30. The molecular formula is C26H25N5OS. The third kappa shape index (κ3) is 4.46. The average molecular weight is 456 g/mol. The van der Waals surface area contributed by atoms with Crippen LogP contribution >= 0.6 is 11.3 Å². The summed E-state index contributed by atoms with van der Waals surface area (Å²) in [4.78, 5) is 26.5. The van der Waals surface area contributed by atoms with Crippen molar-refractivity contribution in [1.82, 2.24) is 19.8 Å².